The average Bonchev–Trinajstić information content (AvgIpc) is 3.05. The molecule has 8 nitrogen and oxygen atoms in total. The summed E-state index contributed by atoms with van der Waals surface area (Å²) < 4.78 is 5.21. The average molecular weight is 399 g/mol. The minimum Gasteiger partial charge on any atom is -0.373 e. The molecule has 2 aromatic heterocycles. The van der Waals surface area contributed by atoms with Crippen molar-refractivity contribution in [1.82, 2.24) is 24.9 Å². The third-order valence-electron chi connectivity index (χ3n) is 6.15. The van der Waals surface area contributed by atoms with Crippen LogP contribution in [-0.2, 0) is 24.2 Å². The van der Waals surface area contributed by atoms with Crippen molar-refractivity contribution in [2.75, 3.05) is 39.0 Å². The zero-order valence-corrected chi connectivity index (χ0v) is 17.8. The number of likely N-dealkylation sites (N-methyl/N-ethyl adjacent to an activating group) is 1. The second-order valence-corrected chi connectivity index (χ2v) is 8.25. The van der Waals surface area contributed by atoms with Crippen LogP contribution in [0.4, 0.5) is 5.82 Å². The summed E-state index contributed by atoms with van der Waals surface area (Å²) in [5.74, 6) is 2.82. The number of hydrogen-bond acceptors (Lipinski definition) is 7. The number of likely N-dealkylation sites (tertiary alicyclic amines) is 1. The summed E-state index contributed by atoms with van der Waals surface area (Å²) in [4.78, 5) is 27.0. The van der Waals surface area contributed by atoms with Crippen molar-refractivity contribution in [2.24, 2.45) is 0 Å². The molecule has 4 heterocycles. The van der Waals surface area contributed by atoms with Gasteiger partial charge in [-0.25, -0.2) is 9.97 Å². The molecule has 2 aliphatic rings. The van der Waals surface area contributed by atoms with Gasteiger partial charge in [-0.05, 0) is 33.7 Å². The molecule has 2 aliphatic heterocycles. The maximum atomic E-state index is 12.9. The molecule has 29 heavy (non-hydrogen) atoms. The summed E-state index contributed by atoms with van der Waals surface area (Å²) in [6.07, 6.45) is 3.26. The second kappa shape index (κ2) is 8.10. The normalized spacial score (nSPS) is 19.9. The standard InChI is InChI=1S/C21H30N6O2/c1-13-16(14(2)29-25-13)10-19(28)27-8-5-6-15(11-27)20-23-18-7-9-26(4)12-17(18)21(22-3)24-20/h15H,5-12H2,1-4H3,(H,22,23,24). The fourth-order valence-electron chi connectivity index (χ4n) is 4.39. The number of rotatable bonds is 4. The molecule has 2 aromatic rings. The third kappa shape index (κ3) is 3.99. The maximum Gasteiger partial charge on any atom is 0.227 e. The number of hydrogen-bond donors (Lipinski definition) is 1. The molecule has 1 N–H and O–H groups in total. The number of amides is 1. The first kappa shape index (κ1) is 19.8. The summed E-state index contributed by atoms with van der Waals surface area (Å²) in [6, 6.07) is 0. The van der Waals surface area contributed by atoms with Gasteiger partial charge in [-0.15, -0.1) is 0 Å². The van der Waals surface area contributed by atoms with Crippen LogP contribution < -0.4 is 5.32 Å². The number of nitrogens with zero attached hydrogens (tertiary/aromatic N) is 5. The Bertz CT molecular complexity index is 872. The largest absolute Gasteiger partial charge is 0.373 e. The van der Waals surface area contributed by atoms with Crippen LogP contribution in [0.2, 0.25) is 0 Å². The van der Waals surface area contributed by atoms with Gasteiger partial charge >= 0.3 is 0 Å². The number of nitrogens with one attached hydrogen (secondary N) is 1. The van der Waals surface area contributed by atoms with Crippen molar-refractivity contribution in [3.8, 4) is 0 Å². The lowest BCUT2D eigenvalue weighted by Gasteiger charge is -2.33. The van der Waals surface area contributed by atoms with Gasteiger partial charge in [-0.3, -0.25) is 4.79 Å². The van der Waals surface area contributed by atoms with Crippen molar-refractivity contribution >= 4 is 11.7 Å². The molecule has 0 aromatic carbocycles. The summed E-state index contributed by atoms with van der Waals surface area (Å²) in [6.45, 7) is 7.09. The highest BCUT2D eigenvalue weighted by molar-refractivity contribution is 5.79. The van der Waals surface area contributed by atoms with Crippen molar-refractivity contribution in [3.63, 3.8) is 0 Å². The maximum absolute atomic E-state index is 12.9. The van der Waals surface area contributed by atoms with E-state index in [2.05, 4.69) is 22.4 Å². The van der Waals surface area contributed by atoms with Crippen molar-refractivity contribution in [3.05, 3.63) is 34.1 Å². The smallest absolute Gasteiger partial charge is 0.227 e. The van der Waals surface area contributed by atoms with E-state index in [1.165, 1.54) is 5.56 Å². The molecule has 8 heteroatoms. The molecule has 1 saturated heterocycles. The topological polar surface area (TPSA) is 87.4 Å². The van der Waals surface area contributed by atoms with Gasteiger partial charge in [0.05, 0.1) is 17.8 Å². The number of aryl methyl sites for hydroxylation is 2. The molecule has 0 spiro atoms. The van der Waals surface area contributed by atoms with Gasteiger partial charge in [0.15, 0.2) is 0 Å². The van der Waals surface area contributed by atoms with Crippen LogP contribution in [0.25, 0.3) is 0 Å². The number of carbonyl (C=O) groups is 1. The first-order chi connectivity index (χ1) is 14.0. The van der Waals surface area contributed by atoms with E-state index in [-0.39, 0.29) is 11.8 Å². The molecule has 1 atom stereocenters. The Morgan fingerprint density at radius 2 is 2.10 bits per heavy atom. The SMILES string of the molecule is CNc1nc(C2CCCN(C(=O)Cc3c(C)noc3C)C2)nc2c1CN(C)CC2. The van der Waals surface area contributed by atoms with E-state index >= 15 is 0 Å². The highest BCUT2D eigenvalue weighted by Gasteiger charge is 2.29. The van der Waals surface area contributed by atoms with Crippen molar-refractivity contribution in [1.29, 1.82) is 0 Å². The molecule has 0 radical (unpaired) electrons. The van der Waals surface area contributed by atoms with E-state index in [4.69, 9.17) is 14.5 Å². The molecular formula is C21H30N6O2. The minimum atomic E-state index is 0.123. The van der Waals surface area contributed by atoms with E-state index in [1.807, 2.05) is 25.8 Å². The molecule has 1 amide bonds. The summed E-state index contributed by atoms with van der Waals surface area (Å²) >= 11 is 0. The minimum absolute atomic E-state index is 0.123. The molecule has 156 valence electrons. The van der Waals surface area contributed by atoms with Crippen LogP contribution >= 0.6 is 0 Å². The highest BCUT2D eigenvalue weighted by Crippen LogP contribution is 2.30. The Labute approximate surface area is 171 Å². The van der Waals surface area contributed by atoms with Crippen LogP contribution in [0.1, 0.15) is 52.9 Å². The monoisotopic (exact) mass is 398 g/mol. The van der Waals surface area contributed by atoms with E-state index in [1.54, 1.807) is 0 Å². The van der Waals surface area contributed by atoms with E-state index in [0.717, 1.165) is 73.3 Å². The van der Waals surface area contributed by atoms with Crippen LogP contribution in [0.15, 0.2) is 4.52 Å². The predicted octanol–water partition coefficient (Wildman–Crippen LogP) is 2.06. The Hall–Kier alpha value is -2.48. The molecule has 0 saturated carbocycles. The molecular weight excluding hydrogens is 368 g/mol. The van der Waals surface area contributed by atoms with E-state index in [9.17, 15) is 4.79 Å². The van der Waals surface area contributed by atoms with Gasteiger partial charge in [0, 0.05) is 56.7 Å². The number of aromatic nitrogens is 3. The molecule has 4 rings (SSSR count). The van der Waals surface area contributed by atoms with Gasteiger partial charge in [0.2, 0.25) is 5.91 Å². The summed E-state index contributed by atoms with van der Waals surface area (Å²) in [5, 5.41) is 7.22. The summed E-state index contributed by atoms with van der Waals surface area (Å²) in [5.41, 5.74) is 4.05. The Kier molecular flexibility index (Phi) is 5.54. The molecule has 1 unspecified atom stereocenters. The third-order valence-corrected chi connectivity index (χ3v) is 6.15. The number of fused-ring (bicyclic) bond motifs is 1. The lowest BCUT2D eigenvalue weighted by atomic mass is 9.95. The van der Waals surface area contributed by atoms with E-state index < -0.39 is 0 Å². The quantitative estimate of drug-likeness (QED) is 0.843. The van der Waals surface area contributed by atoms with Gasteiger partial charge in [0.25, 0.3) is 0 Å². The van der Waals surface area contributed by atoms with Gasteiger partial charge in [-0.1, -0.05) is 5.16 Å². The Morgan fingerprint density at radius 1 is 1.28 bits per heavy atom. The zero-order valence-electron chi connectivity index (χ0n) is 17.8. The fourth-order valence-corrected chi connectivity index (χ4v) is 4.39. The van der Waals surface area contributed by atoms with Crippen LogP contribution in [-0.4, -0.2) is 64.6 Å². The predicted molar refractivity (Wildman–Crippen MR) is 110 cm³/mol. The van der Waals surface area contributed by atoms with Gasteiger partial charge < -0.3 is 19.6 Å². The first-order valence-electron chi connectivity index (χ1n) is 10.4. The lowest BCUT2D eigenvalue weighted by molar-refractivity contribution is -0.131. The van der Waals surface area contributed by atoms with Crippen LogP contribution in [0.3, 0.4) is 0 Å². The fraction of sp³-hybridized carbons (Fsp3) is 0.619. The van der Waals surface area contributed by atoms with Gasteiger partial charge in [-0.2, -0.15) is 0 Å². The first-order valence-corrected chi connectivity index (χ1v) is 10.4. The number of piperidine rings is 1. The van der Waals surface area contributed by atoms with E-state index in [0.29, 0.717) is 13.0 Å². The number of carbonyl (C=O) groups excluding carboxylic acids is 1. The van der Waals surface area contributed by atoms with Crippen molar-refractivity contribution < 1.29 is 9.32 Å². The molecule has 0 bridgehead atoms. The Morgan fingerprint density at radius 3 is 2.83 bits per heavy atom. The molecule has 0 aliphatic carbocycles. The van der Waals surface area contributed by atoms with Crippen LogP contribution in [0, 0.1) is 13.8 Å². The van der Waals surface area contributed by atoms with Crippen LogP contribution in [0.5, 0.6) is 0 Å². The summed E-state index contributed by atoms with van der Waals surface area (Å²) in [7, 11) is 4.04. The zero-order chi connectivity index (χ0) is 20.5. The highest BCUT2D eigenvalue weighted by atomic mass is 16.5. The number of anilines is 1. The van der Waals surface area contributed by atoms with Gasteiger partial charge in [0.1, 0.15) is 17.4 Å². The second-order valence-electron chi connectivity index (χ2n) is 8.25. The Balaban J connectivity index is 1.52. The molecule has 1 fully saturated rings. The lowest BCUT2D eigenvalue weighted by Crippen LogP contribution is -2.40. The van der Waals surface area contributed by atoms with Crippen molar-refractivity contribution in [2.45, 2.75) is 52.0 Å².